The van der Waals surface area contributed by atoms with Gasteiger partial charge in [0, 0.05) is 25.5 Å². The van der Waals surface area contributed by atoms with Gasteiger partial charge >= 0.3 is 12.0 Å². The highest BCUT2D eigenvalue weighted by molar-refractivity contribution is 5.87. The molecule has 0 bridgehead atoms. The van der Waals surface area contributed by atoms with Crippen LogP contribution in [0.25, 0.3) is 0 Å². The number of rotatable bonds is 5. The summed E-state index contributed by atoms with van der Waals surface area (Å²) in [4.78, 5) is 25.1. The van der Waals surface area contributed by atoms with Gasteiger partial charge in [0.25, 0.3) is 0 Å². The van der Waals surface area contributed by atoms with Crippen molar-refractivity contribution >= 4 is 12.0 Å². The van der Waals surface area contributed by atoms with E-state index in [1.165, 1.54) is 4.90 Å². The summed E-state index contributed by atoms with van der Waals surface area (Å²) in [6, 6.07) is 1.51. The van der Waals surface area contributed by atoms with Crippen LogP contribution in [0, 0.1) is 0 Å². The van der Waals surface area contributed by atoms with Gasteiger partial charge < -0.3 is 15.3 Å². The normalized spacial score (nSPS) is 21.9. The summed E-state index contributed by atoms with van der Waals surface area (Å²) in [5.74, 6) is -0.917. The van der Waals surface area contributed by atoms with Crippen LogP contribution in [-0.4, -0.2) is 50.4 Å². The number of urea groups is 1. The lowest BCUT2D eigenvalue weighted by molar-refractivity contribution is -0.148. The molecule has 0 aliphatic carbocycles. The average Bonchev–Trinajstić information content (AvgIpc) is 3.07. The van der Waals surface area contributed by atoms with E-state index in [0.29, 0.717) is 32.5 Å². The fraction of sp³-hybridized carbons (Fsp3) is 0.615. The number of aromatic nitrogens is 2. The SMILES string of the molecule is CCC1(C(=O)O)CCCN1C(=O)NCCn1cccn1. The number of nitrogens with zero attached hydrogens (tertiary/aromatic N) is 3. The highest BCUT2D eigenvalue weighted by Crippen LogP contribution is 2.32. The Balaban J connectivity index is 1.92. The van der Waals surface area contributed by atoms with Gasteiger partial charge in [0.05, 0.1) is 6.54 Å². The molecule has 2 N–H and O–H groups in total. The second kappa shape index (κ2) is 5.94. The number of carboxylic acid groups (broad SMARTS) is 1. The molecular weight excluding hydrogens is 260 g/mol. The number of nitrogens with one attached hydrogen (secondary N) is 1. The molecule has 2 heterocycles. The predicted molar refractivity (Wildman–Crippen MR) is 72.2 cm³/mol. The van der Waals surface area contributed by atoms with Crippen LogP contribution in [0.1, 0.15) is 26.2 Å². The van der Waals surface area contributed by atoms with E-state index in [1.807, 2.05) is 19.2 Å². The summed E-state index contributed by atoms with van der Waals surface area (Å²) in [7, 11) is 0. The van der Waals surface area contributed by atoms with Crippen LogP contribution >= 0.6 is 0 Å². The molecule has 0 aromatic carbocycles. The Morgan fingerprint density at radius 3 is 2.90 bits per heavy atom. The minimum Gasteiger partial charge on any atom is -0.479 e. The predicted octanol–water partition coefficient (Wildman–Crippen LogP) is 0.922. The standard InChI is InChI=1S/C13H20N4O3/c1-2-13(11(18)19)5-3-9-17(13)12(20)14-7-10-16-8-4-6-15-16/h4,6,8H,2-3,5,7,9-10H2,1H3,(H,14,20)(H,18,19). The van der Waals surface area contributed by atoms with Gasteiger partial charge in [0.1, 0.15) is 5.54 Å². The molecule has 110 valence electrons. The molecule has 1 unspecified atom stereocenters. The zero-order valence-electron chi connectivity index (χ0n) is 11.6. The molecule has 2 rings (SSSR count). The van der Waals surface area contributed by atoms with Crippen LogP contribution in [0.4, 0.5) is 4.79 Å². The number of hydrogen-bond donors (Lipinski definition) is 2. The van der Waals surface area contributed by atoms with E-state index in [2.05, 4.69) is 10.4 Å². The highest BCUT2D eigenvalue weighted by Gasteiger charge is 2.48. The minimum atomic E-state index is -1.05. The van der Waals surface area contributed by atoms with E-state index in [1.54, 1.807) is 10.9 Å². The summed E-state index contributed by atoms with van der Waals surface area (Å²) in [5.41, 5.74) is -1.05. The van der Waals surface area contributed by atoms with Gasteiger partial charge in [0.2, 0.25) is 0 Å². The summed E-state index contributed by atoms with van der Waals surface area (Å²) >= 11 is 0. The van der Waals surface area contributed by atoms with Gasteiger partial charge in [-0.05, 0) is 25.3 Å². The molecule has 7 heteroatoms. The van der Waals surface area contributed by atoms with Crippen molar-refractivity contribution < 1.29 is 14.7 Å². The maximum absolute atomic E-state index is 12.2. The van der Waals surface area contributed by atoms with Crippen LogP contribution in [0.3, 0.4) is 0 Å². The molecule has 1 aliphatic rings. The molecule has 7 nitrogen and oxygen atoms in total. The fourth-order valence-electron chi connectivity index (χ4n) is 2.72. The van der Waals surface area contributed by atoms with E-state index in [9.17, 15) is 14.7 Å². The molecule has 0 saturated carbocycles. The molecule has 1 aromatic heterocycles. The summed E-state index contributed by atoms with van der Waals surface area (Å²) in [6.07, 6.45) is 5.16. The van der Waals surface area contributed by atoms with Crippen molar-refractivity contribution in [2.45, 2.75) is 38.3 Å². The maximum Gasteiger partial charge on any atom is 0.329 e. The Morgan fingerprint density at radius 1 is 1.50 bits per heavy atom. The van der Waals surface area contributed by atoms with Crippen molar-refractivity contribution in [3.8, 4) is 0 Å². The number of carboxylic acids is 1. The third-order valence-electron chi connectivity index (χ3n) is 3.89. The van der Waals surface area contributed by atoms with Gasteiger partial charge in [-0.2, -0.15) is 5.10 Å². The van der Waals surface area contributed by atoms with Crippen LogP contribution in [-0.2, 0) is 11.3 Å². The lowest BCUT2D eigenvalue weighted by Crippen LogP contribution is -2.55. The second-order valence-electron chi connectivity index (χ2n) is 4.95. The first-order valence-electron chi connectivity index (χ1n) is 6.86. The maximum atomic E-state index is 12.2. The number of hydrogen-bond acceptors (Lipinski definition) is 3. The van der Waals surface area contributed by atoms with E-state index < -0.39 is 11.5 Å². The van der Waals surface area contributed by atoms with Crippen molar-refractivity contribution in [1.82, 2.24) is 20.0 Å². The average molecular weight is 280 g/mol. The summed E-state index contributed by atoms with van der Waals surface area (Å²) < 4.78 is 1.72. The van der Waals surface area contributed by atoms with Gasteiger partial charge in [-0.25, -0.2) is 9.59 Å². The smallest absolute Gasteiger partial charge is 0.329 e. The van der Waals surface area contributed by atoms with Crippen molar-refractivity contribution in [3.05, 3.63) is 18.5 Å². The zero-order valence-corrected chi connectivity index (χ0v) is 11.6. The first-order chi connectivity index (χ1) is 9.60. The third kappa shape index (κ3) is 2.61. The number of likely N-dealkylation sites (tertiary alicyclic amines) is 1. The van der Waals surface area contributed by atoms with Crippen LogP contribution in [0.2, 0.25) is 0 Å². The van der Waals surface area contributed by atoms with E-state index in [-0.39, 0.29) is 6.03 Å². The van der Waals surface area contributed by atoms with Crippen LogP contribution in [0.15, 0.2) is 18.5 Å². The van der Waals surface area contributed by atoms with Crippen LogP contribution < -0.4 is 5.32 Å². The summed E-state index contributed by atoms with van der Waals surface area (Å²) in [5, 5.41) is 16.2. The Morgan fingerprint density at radius 2 is 2.30 bits per heavy atom. The molecule has 1 atom stereocenters. The quantitative estimate of drug-likeness (QED) is 0.839. The second-order valence-corrected chi connectivity index (χ2v) is 4.95. The third-order valence-corrected chi connectivity index (χ3v) is 3.89. The molecule has 0 radical (unpaired) electrons. The molecular formula is C13H20N4O3. The van der Waals surface area contributed by atoms with Crippen molar-refractivity contribution in [3.63, 3.8) is 0 Å². The summed E-state index contributed by atoms with van der Waals surface area (Å²) in [6.45, 7) is 3.30. The molecule has 1 aromatic rings. The Kier molecular flexibility index (Phi) is 4.26. The first kappa shape index (κ1) is 14.4. The zero-order chi connectivity index (χ0) is 14.6. The van der Waals surface area contributed by atoms with E-state index in [0.717, 1.165) is 6.42 Å². The minimum absolute atomic E-state index is 0.307. The highest BCUT2D eigenvalue weighted by atomic mass is 16.4. The van der Waals surface area contributed by atoms with Gasteiger partial charge in [0.15, 0.2) is 0 Å². The Hall–Kier alpha value is -2.05. The largest absolute Gasteiger partial charge is 0.479 e. The topological polar surface area (TPSA) is 87.5 Å². The Bertz CT molecular complexity index is 474. The number of carbonyl (C=O) groups excluding carboxylic acids is 1. The van der Waals surface area contributed by atoms with E-state index in [4.69, 9.17) is 0 Å². The molecule has 20 heavy (non-hydrogen) atoms. The van der Waals surface area contributed by atoms with E-state index >= 15 is 0 Å². The lowest BCUT2D eigenvalue weighted by Gasteiger charge is -2.33. The monoisotopic (exact) mass is 280 g/mol. The molecule has 1 saturated heterocycles. The molecule has 2 amide bonds. The van der Waals surface area contributed by atoms with Gasteiger partial charge in [-0.3, -0.25) is 4.68 Å². The number of carbonyl (C=O) groups is 2. The number of amides is 2. The lowest BCUT2D eigenvalue weighted by atomic mass is 9.93. The molecule has 0 spiro atoms. The fourth-order valence-corrected chi connectivity index (χ4v) is 2.72. The molecule has 1 fully saturated rings. The van der Waals surface area contributed by atoms with Crippen molar-refractivity contribution in [1.29, 1.82) is 0 Å². The Labute approximate surface area is 117 Å². The van der Waals surface area contributed by atoms with Crippen LogP contribution in [0.5, 0.6) is 0 Å². The first-order valence-corrected chi connectivity index (χ1v) is 6.86. The van der Waals surface area contributed by atoms with Gasteiger partial charge in [-0.1, -0.05) is 6.92 Å². The number of aliphatic carboxylic acids is 1. The molecule has 1 aliphatic heterocycles. The van der Waals surface area contributed by atoms with Gasteiger partial charge in [-0.15, -0.1) is 0 Å². The van der Waals surface area contributed by atoms with Crippen molar-refractivity contribution in [2.75, 3.05) is 13.1 Å². The van der Waals surface area contributed by atoms with Crippen molar-refractivity contribution in [2.24, 2.45) is 0 Å².